The van der Waals surface area contributed by atoms with Gasteiger partial charge in [0.25, 0.3) is 11.8 Å². The molecule has 4 aromatic rings. The molecule has 1 aromatic heterocycles. The van der Waals surface area contributed by atoms with Crippen LogP contribution in [0.1, 0.15) is 33.5 Å². The topological polar surface area (TPSA) is 62.3 Å². The highest BCUT2D eigenvalue weighted by Gasteiger charge is 2.29. The number of hydrogen-bond donors (Lipinski definition) is 1. The highest BCUT2D eigenvalue weighted by atomic mass is 32.2. The predicted octanol–water partition coefficient (Wildman–Crippen LogP) is 6.26. The van der Waals surface area contributed by atoms with Gasteiger partial charge in [-0.1, -0.05) is 54.2 Å². The van der Waals surface area contributed by atoms with Crippen molar-refractivity contribution in [3.8, 4) is 0 Å². The van der Waals surface area contributed by atoms with Crippen LogP contribution in [0.5, 0.6) is 0 Å². The van der Waals surface area contributed by atoms with E-state index in [2.05, 4.69) is 10.3 Å². The number of aromatic nitrogens is 1. The molecule has 2 heterocycles. The van der Waals surface area contributed by atoms with Crippen molar-refractivity contribution in [1.29, 1.82) is 0 Å². The maximum Gasteiger partial charge on any atom is 0.265 e. The third kappa shape index (κ3) is 6.01. The number of para-hydroxylation sites is 1. The zero-order chi connectivity index (χ0) is 26.3. The van der Waals surface area contributed by atoms with Crippen molar-refractivity contribution in [1.82, 2.24) is 10.3 Å². The van der Waals surface area contributed by atoms with E-state index < -0.39 is 0 Å². The monoisotopic (exact) mass is 523 g/mol. The Labute approximate surface area is 225 Å². The molecule has 0 unspecified atom stereocenters. The quantitative estimate of drug-likeness (QED) is 0.219. The number of pyridine rings is 1. The van der Waals surface area contributed by atoms with E-state index in [-0.39, 0.29) is 24.2 Å². The molecule has 2 amide bonds. The number of rotatable bonds is 8. The molecule has 3 aromatic carbocycles. The summed E-state index contributed by atoms with van der Waals surface area (Å²) in [5.41, 5.74) is 3.78. The maximum atomic E-state index is 14.4. The van der Waals surface area contributed by atoms with Crippen molar-refractivity contribution in [3.63, 3.8) is 0 Å². The van der Waals surface area contributed by atoms with E-state index in [4.69, 9.17) is 0 Å². The van der Waals surface area contributed by atoms with Gasteiger partial charge in [-0.25, -0.2) is 4.39 Å². The average molecular weight is 524 g/mol. The number of nitrogens with one attached hydrogen (secondary N) is 1. The van der Waals surface area contributed by atoms with E-state index in [1.807, 2.05) is 54.6 Å². The van der Waals surface area contributed by atoms with Crippen molar-refractivity contribution in [2.45, 2.75) is 24.3 Å². The fourth-order valence-electron chi connectivity index (χ4n) is 4.24. The maximum absolute atomic E-state index is 14.4. The minimum Gasteiger partial charge on any atom is -0.352 e. The zero-order valence-corrected chi connectivity index (χ0v) is 21.5. The van der Waals surface area contributed by atoms with Crippen molar-refractivity contribution < 1.29 is 14.0 Å². The molecule has 0 spiro atoms. The summed E-state index contributed by atoms with van der Waals surface area (Å²) in [6.07, 6.45) is 7.06. The summed E-state index contributed by atoms with van der Waals surface area (Å²) in [6.45, 7) is 0.718. The molecule has 0 bridgehead atoms. The summed E-state index contributed by atoms with van der Waals surface area (Å²) in [5.74, 6) is -0.659. The van der Waals surface area contributed by atoms with E-state index in [1.54, 1.807) is 47.6 Å². The molecule has 7 heteroatoms. The largest absolute Gasteiger partial charge is 0.352 e. The number of halogens is 1. The summed E-state index contributed by atoms with van der Waals surface area (Å²) in [6, 6.07) is 25.2. The lowest BCUT2D eigenvalue weighted by molar-refractivity contribution is -0.114. The molecule has 0 atom stereocenters. The Kier molecular flexibility index (Phi) is 7.95. The van der Waals surface area contributed by atoms with Crippen LogP contribution in [0, 0.1) is 5.82 Å². The van der Waals surface area contributed by atoms with Gasteiger partial charge in [-0.15, -0.1) is 0 Å². The van der Waals surface area contributed by atoms with Crippen molar-refractivity contribution >= 4 is 35.3 Å². The number of anilines is 1. The number of carbonyl (C=O) groups excluding carboxylic acids is 2. The first-order valence-corrected chi connectivity index (χ1v) is 13.2. The Hall–Kier alpha value is -4.23. The molecule has 1 aliphatic heterocycles. The second kappa shape index (κ2) is 11.9. The van der Waals surface area contributed by atoms with Crippen LogP contribution in [-0.4, -0.2) is 23.3 Å². The number of aryl methyl sites for hydroxylation is 1. The normalized spacial score (nSPS) is 13.9. The molecule has 5 rings (SSSR count). The number of fused-ring (bicyclic) bond motifs is 1. The summed E-state index contributed by atoms with van der Waals surface area (Å²) in [5, 5.41) is 2.96. The third-order valence-corrected chi connectivity index (χ3v) is 7.34. The predicted molar refractivity (Wildman–Crippen MR) is 149 cm³/mol. The van der Waals surface area contributed by atoms with Crippen LogP contribution in [0.3, 0.4) is 0 Å². The van der Waals surface area contributed by atoms with Crippen LogP contribution in [0.2, 0.25) is 0 Å². The second-order valence-corrected chi connectivity index (χ2v) is 9.98. The van der Waals surface area contributed by atoms with Crippen molar-refractivity contribution in [3.05, 3.63) is 130 Å². The number of hydrogen-bond acceptors (Lipinski definition) is 4. The molecule has 1 aliphatic rings. The molecule has 190 valence electrons. The van der Waals surface area contributed by atoms with Gasteiger partial charge in [0.15, 0.2) is 0 Å². The van der Waals surface area contributed by atoms with Crippen LogP contribution in [-0.2, 0) is 17.8 Å². The van der Waals surface area contributed by atoms with Gasteiger partial charge in [0.05, 0.1) is 17.1 Å². The molecule has 1 N–H and O–H groups in total. The number of amides is 2. The Bertz CT molecular complexity index is 1470. The summed E-state index contributed by atoms with van der Waals surface area (Å²) < 4.78 is 14.4. The van der Waals surface area contributed by atoms with E-state index in [1.165, 1.54) is 23.4 Å². The third-order valence-electron chi connectivity index (χ3n) is 6.27. The first-order valence-electron chi connectivity index (χ1n) is 12.4. The average Bonchev–Trinajstić information content (AvgIpc) is 2.95. The number of thioether (sulfide) groups is 1. The van der Waals surface area contributed by atoms with Crippen LogP contribution in [0.15, 0.2) is 107 Å². The molecule has 0 radical (unpaired) electrons. The molecular weight excluding hydrogens is 497 g/mol. The smallest absolute Gasteiger partial charge is 0.265 e. The van der Waals surface area contributed by atoms with Gasteiger partial charge in [0.2, 0.25) is 0 Å². The van der Waals surface area contributed by atoms with Crippen molar-refractivity contribution in [2.24, 2.45) is 0 Å². The van der Waals surface area contributed by atoms with Crippen LogP contribution in [0.4, 0.5) is 10.1 Å². The minimum absolute atomic E-state index is 0.132. The highest BCUT2D eigenvalue weighted by Crippen LogP contribution is 2.42. The molecule has 0 saturated heterocycles. The van der Waals surface area contributed by atoms with Crippen LogP contribution >= 0.6 is 11.8 Å². The summed E-state index contributed by atoms with van der Waals surface area (Å²) in [7, 11) is 0. The molecule has 0 saturated carbocycles. The SMILES string of the molecule is O=C(NCCCc1ccncc1)c1ccc(/C=C2\Sc3ccccc3N(Cc3ccccc3F)C2=O)cc1. The van der Waals surface area contributed by atoms with E-state index in [0.29, 0.717) is 22.6 Å². The lowest BCUT2D eigenvalue weighted by Gasteiger charge is -2.30. The van der Waals surface area contributed by atoms with Crippen LogP contribution in [0.25, 0.3) is 6.08 Å². The fraction of sp³-hybridized carbons (Fsp3) is 0.129. The zero-order valence-electron chi connectivity index (χ0n) is 20.6. The minimum atomic E-state index is -0.340. The van der Waals surface area contributed by atoms with Gasteiger partial charge < -0.3 is 10.2 Å². The first-order chi connectivity index (χ1) is 18.6. The van der Waals surface area contributed by atoms with Gasteiger partial charge in [-0.05, 0) is 72.5 Å². The van der Waals surface area contributed by atoms with Gasteiger partial charge in [0, 0.05) is 35.0 Å². The highest BCUT2D eigenvalue weighted by molar-refractivity contribution is 8.04. The van der Waals surface area contributed by atoms with E-state index >= 15 is 0 Å². The Balaban J connectivity index is 1.27. The van der Waals surface area contributed by atoms with Crippen molar-refractivity contribution in [2.75, 3.05) is 11.4 Å². The molecule has 5 nitrogen and oxygen atoms in total. The fourth-order valence-corrected chi connectivity index (χ4v) is 5.30. The standard InChI is InChI=1S/C31H26FN3O2S/c32-26-8-2-1-7-25(26)21-35-27-9-3-4-10-28(27)38-29(31(35)37)20-23-11-13-24(14-12-23)30(36)34-17-5-6-22-15-18-33-19-16-22/h1-4,7-16,18-20H,5-6,17,21H2,(H,34,36)/b29-20-. The lowest BCUT2D eigenvalue weighted by atomic mass is 10.1. The number of nitrogens with zero attached hydrogens (tertiary/aromatic N) is 2. The Morgan fingerprint density at radius 1 is 0.947 bits per heavy atom. The van der Waals surface area contributed by atoms with Gasteiger partial charge in [-0.2, -0.15) is 0 Å². The number of benzene rings is 3. The van der Waals surface area contributed by atoms with Crippen LogP contribution < -0.4 is 10.2 Å². The molecule has 38 heavy (non-hydrogen) atoms. The molecular formula is C31H26FN3O2S. The van der Waals surface area contributed by atoms with Gasteiger partial charge in [-0.3, -0.25) is 14.6 Å². The number of carbonyl (C=O) groups is 2. The van der Waals surface area contributed by atoms with E-state index in [0.717, 1.165) is 29.0 Å². The van der Waals surface area contributed by atoms with Gasteiger partial charge >= 0.3 is 0 Å². The summed E-state index contributed by atoms with van der Waals surface area (Å²) in [4.78, 5) is 33.1. The Morgan fingerprint density at radius 2 is 1.68 bits per heavy atom. The lowest BCUT2D eigenvalue weighted by Crippen LogP contribution is -2.34. The molecule has 0 aliphatic carbocycles. The summed E-state index contributed by atoms with van der Waals surface area (Å²) >= 11 is 1.39. The van der Waals surface area contributed by atoms with Gasteiger partial charge in [0.1, 0.15) is 5.82 Å². The second-order valence-electron chi connectivity index (χ2n) is 8.90. The van der Waals surface area contributed by atoms with E-state index in [9.17, 15) is 14.0 Å². The first kappa shape index (κ1) is 25.4. The Morgan fingerprint density at radius 3 is 2.47 bits per heavy atom. The molecule has 0 fully saturated rings.